The Balaban J connectivity index is 2.52. The van der Waals surface area contributed by atoms with E-state index in [1.165, 1.54) is 0 Å². The summed E-state index contributed by atoms with van der Waals surface area (Å²) >= 11 is 3.19. The maximum absolute atomic E-state index is 12.3. The van der Waals surface area contributed by atoms with Crippen LogP contribution in [0.2, 0.25) is 0 Å². The molecule has 0 aromatic heterocycles. The van der Waals surface area contributed by atoms with Gasteiger partial charge in [-0.25, -0.2) is 0 Å². The molecular formula is C16H30N2O2S2. The molecule has 1 fully saturated rings. The molecule has 0 aliphatic heterocycles. The van der Waals surface area contributed by atoms with Gasteiger partial charge in [-0.2, -0.15) is 23.5 Å². The first-order valence-electron chi connectivity index (χ1n) is 7.92. The number of hydrogen-bond acceptors (Lipinski definition) is 4. The molecule has 0 aromatic carbocycles. The van der Waals surface area contributed by atoms with Gasteiger partial charge in [0.2, 0.25) is 11.8 Å². The number of hydrogen-bond donors (Lipinski definition) is 0. The van der Waals surface area contributed by atoms with Crippen LogP contribution in [-0.4, -0.2) is 70.8 Å². The van der Waals surface area contributed by atoms with Crippen LogP contribution in [0.4, 0.5) is 0 Å². The average Bonchev–Trinajstić information content (AvgIpc) is 2.57. The Bertz CT molecular complexity index is 348. The molecule has 1 rings (SSSR count). The Morgan fingerprint density at radius 2 is 1.09 bits per heavy atom. The topological polar surface area (TPSA) is 40.6 Å². The third-order valence-corrected chi connectivity index (χ3v) is 6.68. The highest BCUT2D eigenvalue weighted by molar-refractivity contribution is 8.00. The van der Waals surface area contributed by atoms with E-state index in [4.69, 9.17) is 0 Å². The summed E-state index contributed by atoms with van der Waals surface area (Å²) in [5.74, 6) is 0.438. The van der Waals surface area contributed by atoms with Crippen LogP contribution >= 0.6 is 23.5 Å². The summed E-state index contributed by atoms with van der Waals surface area (Å²) in [6.45, 7) is 3.93. The van der Waals surface area contributed by atoms with Gasteiger partial charge in [0.15, 0.2) is 0 Å². The maximum atomic E-state index is 12.3. The normalized spacial score (nSPS) is 24.5. The minimum atomic E-state index is 0.0226. The number of amides is 2. The number of thioether (sulfide) groups is 2. The van der Waals surface area contributed by atoms with Crippen molar-refractivity contribution in [3.05, 3.63) is 0 Å². The molecule has 0 heterocycles. The third-order valence-electron chi connectivity index (χ3n) is 4.86. The summed E-state index contributed by atoms with van der Waals surface area (Å²) in [4.78, 5) is 28.4. The van der Waals surface area contributed by atoms with Crippen molar-refractivity contribution in [2.75, 3.05) is 26.6 Å². The summed E-state index contributed by atoms with van der Waals surface area (Å²) in [6, 6.07) is 0.639. The molecule has 0 aromatic rings. The largest absolute Gasteiger partial charge is 0.342 e. The van der Waals surface area contributed by atoms with Gasteiger partial charge in [0, 0.05) is 26.2 Å². The number of carbonyl (C=O) groups excluding carboxylic acids is 2. The molecule has 0 spiro atoms. The highest BCUT2D eigenvalue weighted by Crippen LogP contribution is 2.27. The fourth-order valence-electron chi connectivity index (χ4n) is 2.97. The van der Waals surface area contributed by atoms with Crippen molar-refractivity contribution >= 4 is 35.3 Å². The van der Waals surface area contributed by atoms with Crippen LogP contribution in [0.25, 0.3) is 0 Å². The maximum Gasteiger partial charge on any atom is 0.235 e. The summed E-state index contributed by atoms with van der Waals surface area (Å²) in [7, 11) is 3.84. The standard InChI is InChI=1S/C16H30N2O2S2/c1-11(21-5)15(19)17(3)13-7-9-14(10-8-13)18(4)16(20)12(2)22-6/h11-14H,7-10H2,1-6H3/t11-,12+,13?,14?. The van der Waals surface area contributed by atoms with Crippen molar-refractivity contribution in [3.8, 4) is 0 Å². The minimum Gasteiger partial charge on any atom is -0.342 e. The molecule has 1 saturated carbocycles. The van der Waals surface area contributed by atoms with E-state index in [2.05, 4.69) is 0 Å². The van der Waals surface area contributed by atoms with Gasteiger partial charge in [-0.05, 0) is 52.0 Å². The van der Waals surface area contributed by atoms with E-state index in [0.717, 1.165) is 25.7 Å². The van der Waals surface area contributed by atoms with Gasteiger partial charge in [-0.3, -0.25) is 9.59 Å². The molecular weight excluding hydrogens is 316 g/mol. The quantitative estimate of drug-likeness (QED) is 0.741. The van der Waals surface area contributed by atoms with E-state index in [0.29, 0.717) is 12.1 Å². The SMILES string of the molecule is CS[C@@H](C)C(=O)N(C)C1CCC(N(C)C(=O)[C@@H](C)SC)CC1. The fraction of sp³-hybridized carbons (Fsp3) is 0.875. The lowest BCUT2D eigenvalue weighted by Gasteiger charge is -2.39. The molecule has 0 unspecified atom stereocenters. The van der Waals surface area contributed by atoms with Gasteiger partial charge in [0.25, 0.3) is 0 Å². The van der Waals surface area contributed by atoms with Crippen LogP contribution in [0.5, 0.6) is 0 Å². The Labute approximate surface area is 143 Å². The summed E-state index contributed by atoms with van der Waals surface area (Å²) in [5, 5.41) is 0.0452. The first-order valence-corrected chi connectivity index (χ1v) is 10.5. The van der Waals surface area contributed by atoms with Crippen LogP contribution in [0.3, 0.4) is 0 Å². The van der Waals surface area contributed by atoms with Crippen molar-refractivity contribution in [3.63, 3.8) is 0 Å². The Morgan fingerprint density at radius 3 is 1.32 bits per heavy atom. The Hall–Kier alpha value is -0.360. The fourth-order valence-corrected chi connectivity index (χ4v) is 3.70. The van der Waals surface area contributed by atoms with Crippen molar-refractivity contribution in [1.82, 2.24) is 9.80 Å². The monoisotopic (exact) mass is 346 g/mol. The lowest BCUT2D eigenvalue weighted by Crippen LogP contribution is -2.48. The highest BCUT2D eigenvalue weighted by atomic mass is 32.2. The molecule has 0 radical (unpaired) electrons. The minimum absolute atomic E-state index is 0.0226. The van der Waals surface area contributed by atoms with Crippen LogP contribution in [0.15, 0.2) is 0 Å². The molecule has 22 heavy (non-hydrogen) atoms. The van der Waals surface area contributed by atoms with Crippen LogP contribution in [0, 0.1) is 0 Å². The first-order chi connectivity index (χ1) is 10.3. The van der Waals surface area contributed by atoms with E-state index in [1.54, 1.807) is 23.5 Å². The number of rotatable bonds is 6. The second-order valence-corrected chi connectivity index (χ2v) is 8.47. The molecule has 0 saturated heterocycles. The molecule has 1 aliphatic carbocycles. The number of nitrogens with zero attached hydrogens (tertiary/aromatic N) is 2. The van der Waals surface area contributed by atoms with Gasteiger partial charge in [-0.1, -0.05) is 0 Å². The lowest BCUT2D eigenvalue weighted by atomic mass is 9.89. The molecule has 1 aliphatic rings. The molecule has 2 atom stereocenters. The van der Waals surface area contributed by atoms with E-state index < -0.39 is 0 Å². The molecule has 128 valence electrons. The van der Waals surface area contributed by atoms with E-state index in [1.807, 2.05) is 50.3 Å². The zero-order valence-corrected chi connectivity index (χ0v) is 16.3. The Kier molecular flexibility index (Phi) is 8.11. The second-order valence-electron chi connectivity index (χ2n) is 6.12. The molecule has 0 bridgehead atoms. The van der Waals surface area contributed by atoms with Crippen LogP contribution in [-0.2, 0) is 9.59 Å². The summed E-state index contributed by atoms with van der Waals surface area (Å²) < 4.78 is 0. The third kappa shape index (κ3) is 4.82. The van der Waals surface area contributed by atoms with Gasteiger partial charge in [0.1, 0.15) is 0 Å². The van der Waals surface area contributed by atoms with Gasteiger partial charge >= 0.3 is 0 Å². The highest BCUT2D eigenvalue weighted by Gasteiger charge is 2.32. The van der Waals surface area contributed by atoms with E-state index in [-0.39, 0.29) is 22.3 Å². The van der Waals surface area contributed by atoms with Crippen molar-refractivity contribution in [2.45, 2.75) is 62.1 Å². The summed E-state index contributed by atoms with van der Waals surface area (Å²) in [5.41, 5.74) is 0. The predicted octanol–water partition coefficient (Wildman–Crippen LogP) is 2.72. The molecule has 4 nitrogen and oxygen atoms in total. The van der Waals surface area contributed by atoms with Crippen molar-refractivity contribution in [1.29, 1.82) is 0 Å². The van der Waals surface area contributed by atoms with Gasteiger partial charge < -0.3 is 9.80 Å². The number of carbonyl (C=O) groups is 2. The molecule has 6 heteroatoms. The van der Waals surface area contributed by atoms with Crippen LogP contribution in [0.1, 0.15) is 39.5 Å². The molecule has 0 N–H and O–H groups in total. The zero-order chi connectivity index (χ0) is 16.9. The van der Waals surface area contributed by atoms with E-state index in [9.17, 15) is 9.59 Å². The average molecular weight is 347 g/mol. The summed E-state index contributed by atoms with van der Waals surface area (Å²) in [6.07, 6.45) is 7.89. The Morgan fingerprint density at radius 1 is 0.818 bits per heavy atom. The first kappa shape index (κ1) is 19.7. The zero-order valence-electron chi connectivity index (χ0n) is 14.7. The molecule has 2 amide bonds. The van der Waals surface area contributed by atoms with Gasteiger partial charge in [0.05, 0.1) is 10.5 Å². The van der Waals surface area contributed by atoms with Crippen molar-refractivity contribution in [2.24, 2.45) is 0 Å². The van der Waals surface area contributed by atoms with Crippen molar-refractivity contribution < 1.29 is 9.59 Å². The predicted molar refractivity (Wildman–Crippen MR) is 97.5 cm³/mol. The van der Waals surface area contributed by atoms with Gasteiger partial charge in [-0.15, -0.1) is 0 Å². The lowest BCUT2D eigenvalue weighted by molar-refractivity contribution is -0.134. The smallest absolute Gasteiger partial charge is 0.235 e. The van der Waals surface area contributed by atoms with Crippen LogP contribution < -0.4 is 0 Å². The second kappa shape index (κ2) is 9.06. The van der Waals surface area contributed by atoms with E-state index >= 15 is 0 Å².